The number of ether oxygens (including phenoxy) is 2. The Morgan fingerprint density at radius 2 is 1.60 bits per heavy atom. The number of pyridine rings is 1. The number of hydrogen-bond acceptors (Lipinski definition) is 6. The van der Waals surface area contributed by atoms with E-state index >= 15 is 0 Å². The van der Waals surface area contributed by atoms with Gasteiger partial charge < -0.3 is 24.6 Å². The van der Waals surface area contributed by atoms with Crippen LogP contribution in [-0.4, -0.2) is 66.1 Å². The van der Waals surface area contributed by atoms with Gasteiger partial charge >= 0.3 is 6.18 Å². The first kappa shape index (κ1) is 28.8. The minimum atomic E-state index is -4.34. The Morgan fingerprint density at radius 1 is 0.907 bits per heavy atom. The fourth-order valence-electron chi connectivity index (χ4n) is 5.91. The van der Waals surface area contributed by atoms with Crippen molar-refractivity contribution in [3.63, 3.8) is 0 Å². The molecule has 1 unspecified atom stereocenters. The summed E-state index contributed by atoms with van der Waals surface area (Å²) < 4.78 is 50.8. The Kier molecular flexibility index (Phi) is 8.14. The lowest BCUT2D eigenvalue weighted by Gasteiger charge is -2.34. The largest absolute Gasteiger partial charge is 0.490 e. The number of nitrogens with zero attached hydrogens (tertiary/aromatic N) is 3. The van der Waals surface area contributed by atoms with Gasteiger partial charge in [-0.3, -0.25) is 14.6 Å². The molecular weight excluding hydrogens is 561 g/mol. The first-order valence-corrected chi connectivity index (χ1v) is 14.6. The van der Waals surface area contributed by atoms with E-state index in [0.29, 0.717) is 62.5 Å². The molecule has 8 nitrogen and oxygen atoms in total. The molecule has 0 aliphatic carbocycles. The minimum absolute atomic E-state index is 0.0198. The molecule has 1 atom stereocenters. The Balaban J connectivity index is 0.955. The summed E-state index contributed by atoms with van der Waals surface area (Å²) in [5.41, 5.74) is 1.68. The third kappa shape index (κ3) is 6.71. The standard InChI is InChI=1S/C32H33F3N4O4/c33-32(34,35)23-2-4-25(5-3-23)38-17-11-26(12-18-38)42-27-6-1-22-19-29(43-28(22)20-27)30(40)37-24-9-15-39(16-10-24)31(41)21-7-13-36-14-8-21/h1-8,13-14,20,24,26,29H,9-12,15-19H2,(H,37,40). The summed E-state index contributed by atoms with van der Waals surface area (Å²) in [7, 11) is 0. The van der Waals surface area contributed by atoms with E-state index in [1.54, 1.807) is 29.4 Å². The van der Waals surface area contributed by atoms with E-state index in [0.717, 1.165) is 36.2 Å². The Labute approximate surface area is 247 Å². The fraction of sp³-hybridized carbons (Fsp3) is 0.406. The lowest BCUT2D eigenvalue weighted by Crippen LogP contribution is -2.49. The summed E-state index contributed by atoms with van der Waals surface area (Å²) in [6.07, 6.45) is 1.52. The van der Waals surface area contributed by atoms with Crippen molar-refractivity contribution in [1.29, 1.82) is 0 Å². The predicted octanol–water partition coefficient (Wildman–Crippen LogP) is 4.87. The maximum Gasteiger partial charge on any atom is 0.416 e. The zero-order valence-corrected chi connectivity index (χ0v) is 23.6. The minimum Gasteiger partial charge on any atom is -0.490 e. The molecule has 43 heavy (non-hydrogen) atoms. The summed E-state index contributed by atoms with van der Waals surface area (Å²) in [4.78, 5) is 33.5. The van der Waals surface area contributed by atoms with Crippen LogP contribution in [0.2, 0.25) is 0 Å². The van der Waals surface area contributed by atoms with Crippen molar-refractivity contribution in [2.45, 2.75) is 56.5 Å². The topological polar surface area (TPSA) is 84.0 Å². The van der Waals surface area contributed by atoms with Gasteiger partial charge in [0.1, 0.15) is 17.6 Å². The normalized spacial score (nSPS) is 19.5. The number of likely N-dealkylation sites (tertiary alicyclic amines) is 1. The van der Waals surface area contributed by atoms with Gasteiger partial charge in [-0.1, -0.05) is 6.07 Å². The van der Waals surface area contributed by atoms with Crippen LogP contribution in [0.3, 0.4) is 0 Å². The molecule has 11 heteroatoms. The molecule has 1 aromatic heterocycles. The van der Waals surface area contributed by atoms with Crippen LogP contribution in [0.25, 0.3) is 0 Å². The quantitative estimate of drug-likeness (QED) is 0.439. The number of alkyl halides is 3. The molecule has 3 aliphatic rings. The lowest BCUT2D eigenvalue weighted by atomic mass is 10.0. The first-order valence-electron chi connectivity index (χ1n) is 14.6. The Morgan fingerprint density at radius 3 is 2.28 bits per heavy atom. The summed E-state index contributed by atoms with van der Waals surface area (Å²) in [5.74, 6) is 1.12. The molecule has 226 valence electrons. The molecule has 0 radical (unpaired) electrons. The van der Waals surface area contributed by atoms with Crippen molar-refractivity contribution >= 4 is 17.5 Å². The number of fused-ring (bicyclic) bond motifs is 1. The highest BCUT2D eigenvalue weighted by molar-refractivity contribution is 5.94. The van der Waals surface area contributed by atoms with E-state index in [-0.39, 0.29) is 24.0 Å². The number of nitrogens with one attached hydrogen (secondary N) is 1. The van der Waals surface area contributed by atoms with Crippen molar-refractivity contribution in [2.24, 2.45) is 0 Å². The smallest absolute Gasteiger partial charge is 0.416 e. The number of carbonyl (C=O) groups excluding carboxylic acids is 2. The van der Waals surface area contributed by atoms with Crippen molar-refractivity contribution in [1.82, 2.24) is 15.2 Å². The maximum absolute atomic E-state index is 13.0. The average Bonchev–Trinajstić information content (AvgIpc) is 3.45. The van der Waals surface area contributed by atoms with Crippen LogP contribution < -0.4 is 19.7 Å². The van der Waals surface area contributed by atoms with E-state index in [2.05, 4.69) is 15.2 Å². The second-order valence-electron chi connectivity index (χ2n) is 11.2. The molecule has 4 heterocycles. The number of benzene rings is 2. The molecule has 0 spiro atoms. The van der Waals surface area contributed by atoms with Gasteiger partial charge in [0.15, 0.2) is 6.10 Å². The molecule has 2 saturated heterocycles. The van der Waals surface area contributed by atoms with Crippen LogP contribution in [0, 0.1) is 0 Å². The van der Waals surface area contributed by atoms with Crippen molar-refractivity contribution < 1.29 is 32.2 Å². The molecule has 1 N–H and O–H groups in total. The molecule has 0 bridgehead atoms. The van der Waals surface area contributed by atoms with Gasteiger partial charge in [0.2, 0.25) is 0 Å². The second kappa shape index (κ2) is 12.1. The number of carbonyl (C=O) groups is 2. The van der Waals surface area contributed by atoms with Crippen LogP contribution in [0.4, 0.5) is 18.9 Å². The third-order valence-electron chi connectivity index (χ3n) is 8.37. The summed E-state index contributed by atoms with van der Waals surface area (Å²) in [6, 6.07) is 14.3. The Hall–Kier alpha value is -4.28. The number of aromatic nitrogens is 1. The molecule has 2 fully saturated rings. The second-order valence-corrected chi connectivity index (χ2v) is 11.2. The molecule has 3 aromatic rings. The van der Waals surface area contributed by atoms with E-state index in [4.69, 9.17) is 9.47 Å². The number of anilines is 1. The van der Waals surface area contributed by atoms with Gasteiger partial charge in [0, 0.05) is 81.2 Å². The molecule has 6 rings (SSSR count). The van der Waals surface area contributed by atoms with Crippen LogP contribution in [0.5, 0.6) is 11.5 Å². The SMILES string of the molecule is O=C(NC1CCN(C(=O)c2ccncc2)CC1)C1Cc2ccc(OC3CCN(c4ccc(C(F)(F)F)cc4)CC3)cc2O1. The molecular formula is C32H33F3N4O4. The highest BCUT2D eigenvalue weighted by Crippen LogP contribution is 2.35. The molecule has 3 aliphatic heterocycles. The van der Waals surface area contributed by atoms with E-state index in [9.17, 15) is 22.8 Å². The molecule has 2 aromatic carbocycles. The van der Waals surface area contributed by atoms with Crippen LogP contribution in [-0.2, 0) is 17.4 Å². The van der Waals surface area contributed by atoms with Gasteiger partial charge in [-0.05, 0) is 60.9 Å². The van der Waals surface area contributed by atoms with Crippen molar-refractivity contribution in [3.05, 3.63) is 83.7 Å². The third-order valence-corrected chi connectivity index (χ3v) is 8.37. The van der Waals surface area contributed by atoms with Gasteiger partial charge in [-0.15, -0.1) is 0 Å². The van der Waals surface area contributed by atoms with Gasteiger partial charge in [-0.2, -0.15) is 13.2 Å². The predicted molar refractivity (Wildman–Crippen MR) is 153 cm³/mol. The number of piperidine rings is 2. The van der Waals surface area contributed by atoms with E-state index in [1.165, 1.54) is 12.1 Å². The van der Waals surface area contributed by atoms with Crippen molar-refractivity contribution in [3.8, 4) is 11.5 Å². The maximum atomic E-state index is 13.0. The Bertz CT molecular complexity index is 1440. The molecule has 2 amide bonds. The zero-order valence-electron chi connectivity index (χ0n) is 23.6. The summed E-state index contributed by atoms with van der Waals surface area (Å²) in [5, 5.41) is 3.10. The first-order chi connectivity index (χ1) is 20.7. The zero-order chi connectivity index (χ0) is 30.0. The van der Waals surface area contributed by atoms with E-state index in [1.807, 2.05) is 18.2 Å². The highest BCUT2D eigenvalue weighted by atomic mass is 19.4. The van der Waals surface area contributed by atoms with Crippen LogP contribution >= 0.6 is 0 Å². The lowest BCUT2D eigenvalue weighted by molar-refractivity contribution is -0.137. The number of amides is 2. The van der Waals surface area contributed by atoms with Crippen LogP contribution in [0.15, 0.2) is 67.0 Å². The van der Waals surface area contributed by atoms with Gasteiger partial charge in [0.05, 0.1) is 5.56 Å². The monoisotopic (exact) mass is 594 g/mol. The number of rotatable bonds is 6. The highest BCUT2D eigenvalue weighted by Gasteiger charge is 2.33. The average molecular weight is 595 g/mol. The molecule has 0 saturated carbocycles. The van der Waals surface area contributed by atoms with E-state index < -0.39 is 17.8 Å². The number of hydrogen-bond donors (Lipinski definition) is 1. The van der Waals surface area contributed by atoms with Gasteiger partial charge in [0.25, 0.3) is 11.8 Å². The summed E-state index contributed by atoms with van der Waals surface area (Å²) >= 11 is 0. The van der Waals surface area contributed by atoms with Crippen molar-refractivity contribution in [2.75, 3.05) is 31.1 Å². The van der Waals surface area contributed by atoms with Gasteiger partial charge in [-0.25, -0.2) is 0 Å². The fourth-order valence-corrected chi connectivity index (χ4v) is 5.91. The summed E-state index contributed by atoms with van der Waals surface area (Å²) in [6.45, 7) is 2.50. The number of halogens is 3. The van der Waals surface area contributed by atoms with Crippen LogP contribution in [0.1, 0.15) is 47.2 Å².